The van der Waals surface area contributed by atoms with Gasteiger partial charge in [-0.25, -0.2) is 0 Å². The van der Waals surface area contributed by atoms with Crippen LogP contribution in [0.5, 0.6) is 5.75 Å². The Morgan fingerprint density at radius 1 is 1.25 bits per heavy atom. The number of carbonyl (C=O) groups is 1. The first-order valence-electron chi connectivity index (χ1n) is 6.22. The van der Waals surface area contributed by atoms with Gasteiger partial charge in [-0.15, -0.1) is 0 Å². The molecule has 2 aromatic carbocycles. The molecule has 0 aliphatic rings. The van der Waals surface area contributed by atoms with Crippen LogP contribution in [0.3, 0.4) is 0 Å². The highest BCUT2D eigenvalue weighted by molar-refractivity contribution is 6.30. The van der Waals surface area contributed by atoms with Crippen LogP contribution >= 0.6 is 11.6 Å². The summed E-state index contributed by atoms with van der Waals surface area (Å²) in [6.45, 7) is 0. The van der Waals surface area contributed by atoms with Gasteiger partial charge in [0.25, 0.3) is 0 Å². The minimum atomic E-state index is -0.860. The van der Waals surface area contributed by atoms with Gasteiger partial charge >= 0.3 is 5.97 Å². The van der Waals surface area contributed by atoms with Crippen LogP contribution in [0.25, 0.3) is 0 Å². The number of benzene rings is 2. The van der Waals surface area contributed by atoms with Gasteiger partial charge in [-0.2, -0.15) is 0 Å². The molecule has 0 spiro atoms. The first kappa shape index (κ1) is 14.4. The minimum absolute atomic E-state index is 0.0132. The van der Waals surface area contributed by atoms with Gasteiger partial charge < -0.3 is 9.84 Å². The van der Waals surface area contributed by atoms with Crippen molar-refractivity contribution >= 4 is 17.6 Å². The fourth-order valence-corrected chi connectivity index (χ4v) is 2.43. The third-order valence-electron chi connectivity index (χ3n) is 3.15. The summed E-state index contributed by atoms with van der Waals surface area (Å²) in [4.78, 5) is 11.2. The zero-order chi connectivity index (χ0) is 14.5. The number of halogens is 1. The van der Waals surface area contributed by atoms with Crippen LogP contribution in [0, 0.1) is 0 Å². The summed E-state index contributed by atoms with van der Waals surface area (Å²) in [5.74, 6) is -0.507. The lowest BCUT2D eigenvalue weighted by molar-refractivity contribution is -0.137. The molecule has 0 aliphatic carbocycles. The van der Waals surface area contributed by atoms with Crippen molar-refractivity contribution < 1.29 is 14.6 Å². The SMILES string of the molecule is COc1ccc(Cl)cc1[C@H](CC(=O)O)c1ccccc1. The van der Waals surface area contributed by atoms with E-state index in [9.17, 15) is 4.79 Å². The minimum Gasteiger partial charge on any atom is -0.496 e. The molecule has 0 aromatic heterocycles. The van der Waals surface area contributed by atoms with Crippen LogP contribution < -0.4 is 4.74 Å². The number of methoxy groups -OCH3 is 1. The second-order valence-corrected chi connectivity index (χ2v) is 4.88. The molecular formula is C16H15ClO3. The number of rotatable bonds is 5. The molecular weight excluding hydrogens is 276 g/mol. The van der Waals surface area contributed by atoms with Gasteiger partial charge in [0, 0.05) is 16.5 Å². The zero-order valence-corrected chi connectivity index (χ0v) is 11.8. The fraction of sp³-hybridized carbons (Fsp3) is 0.188. The van der Waals surface area contributed by atoms with Crippen LogP contribution in [-0.4, -0.2) is 18.2 Å². The largest absolute Gasteiger partial charge is 0.496 e. The van der Waals surface area contributed by atoms with Crippen molar-refractivity contribution in [2.45, 2.75) is 12.3 Å². The maximum absolute atomic E-state index is 11.2. The van der Waals surface area contributed by atoms with E-state index < -0.39 is 5.97 Å². The number of hydrogen-bond donors (Lipinski definition) is 1. The lowest BCUT2D eigenvalue weighted by Gasteiger charge is -2.19. The number of aliphatic carboxylic acids is 1. The number of hydrogen-bond acceptors (Lipinski definition) is 2. The molecule has 0 fully saturated rings. The molecule has 4 heteroatoms. The third kappa shape index (κ3) is 3.31. The Balaban J connectivity index is 2.51. The van der Waals surface area contributed by atoms with E-state index in [0.717, 1.165) is 11.1 Å². The Morgan fingerprint density at radius 2 is 1.95 bits per heavy atom. The Hall–Kier alpha value is -2.00. The molecule has 1 N–H and O–H groups in total. The summed E-state index contributed by atoms with van der Waals surface area (Å²) in [5, 5.41) is 9.73. The summed E-state index contributed by atoms with van der Waals surface area (Å²) < 4.78 is 5.33. The lowest BCUT2D eigenvalue weighted by atomic mass is 9.88. The molecule has 2 aromatic rings. The van der Waals surface area contributed by atoms with Gasteiger partial charge in [-0.1, -0.05) is 41.9 Å². The summed E-state index contributed by atoms with van der Waals surface area (Å²) in [6, 6.07) is 14.8. The number of carboxylic acid groups (broad SMARTS) is 1. The van der Waals surface area contributed by atoms with Crippen LogP contribution in [-0.2, 0) is 4.79 Å². The normalized spacial score (nSPS) is 11.9. The van der Waals surface area contributed by atoms with E-state index in [2.05, 4.69) is 0 Å². The molecule has 0 aliphatic heterocycles. The van der Waals surface area contributed by atoms with Gasteiger partial charge in [0.15, 0.2) is 0 Å². The van der Waals surface area contributed by atoms with E-state index in [4.69, 9.17) is 21.4 Å². The van der Waals surface area contributed by atoms with E-state index in [-0.39, 0.29) is 12.3 Å². The van der Waals surface area contributed by atoms with Gasteiger partial charge in [0.2, 0.25) is 0 Å². The molecule has 20 heavy (non-hydrogen) atoms. The monoisotopic (exact) mass is 290 g/mol. The van der Waals surface area contributed by atoms with E-state index in [1.807, 2.05) is 30.3 Å². The van der Waals surface area contributed by atoms with Crippen molar-refractivity contribution in [2.75, 3.05) is 7.11 Å². The Labute approximate surface area is 122 Å². The van der Waals surface area contributed by atoms with Crippen molar-refractivity contribution in [3.05, 3.63) is 64.7 Å². The highest BCUT2D eigenvalue weighted by Crippen LogP contribution is 2.36. The predicted molar refractivity (Wildman–Crippen MR) is 78.5 cm³/mol. The van der Waals surface area contributed by atoms with Crippen molar-refractivity contribution in [2.24, 2.45) is 0 Å². The Morgan fingerprint density at radius 3 is 2.55 bits per heavy atom. The fourth-order valence-electron chi connectivity index (χ4n) is 2.24. The summed E-state index contributed by atoms with van der Waals surface area (Å²) >= 11 is 6.04. The first-order valence-corrected chi connectivity index (χ1v) is 6.59. The van der Waals surface area contributed by atoms with Gasteiger partial charge in [0.1, 0.15) is 5.75 Å². The molecule has 0 saturated carbocycles. The zero-order valence-electron chi connectivity index (χ0n) is 11.0. The highest BCUT2D eigenvalue weighted by atomic mass is 35.5. The van der Waals surface area contributed by atoms with Crippen molar-refractivity contribution in [3.63, 3.8) is 0 Å². The second-order valence-electron chi connectivity index (χ2n) is 4.45. The molecule has 2 rings (SSSR count). The second kappa shape index (κ2) is 6.44. The van der Waals surface area contributed by atoms with Gasteiger partial charge in [0.05, 0.1) is 13.5 Å². The predicted octanol–water partition coefficient (Wildman–Crippen LogP) is 3.96. The van der Waals surface area contributed by atoms with E-state index in [1.54, 1.807) is 25.3 Å². The third-order valence-corrected chi connectivity index (χ3v) is 3.38. The smallest absolute Gasteiger partial charge is 0.304 e. The Kier molecular flexibility index (Phi) is 4.64. The lowest BCUT2D eigenvalue weighted by Crippen LogP contribution is -2.09. The maximum atomic E-state index is 11.2. The Bertz CT molecular complexity index is 596. The van der Waals surface area contributed by atoms with Crippen molar-refractivity contribution in [3.8, 4) is 5.75 Å². The molecule has 104 valence electrons. The molecule has 0 saturated heterocycles. The molecule has 0 bridgehead atoms. The van der Waals surface area contributed by atoms with Crippen LogP contribution in [0.15, 0.2) is 48.5 Å². The van der Waals surface area contributed by atoms with Crippen LogP contribution in [0.1, 0.15) is 23.5 Å². The van der Waals surface area contributed by atoms with Crippen LogP contribution in [0.4, 0.5) is 0 Å². The first-order chi connectivity index (χ1) is 9.61. The standard InChI is InChI=1S/C16H15ClO3/c1-20-15-8-7-12(17)9-14(15)13(10-16(18)19)11-5-3-2-4-6-11/h2-9,13H,10H2,1H3,(H,18,19)/t13-/m1/s1. The average molecular weight is 291 g/mol. The van der Waals surface area contributed by atoms with Crippen LogP contribution in [0.2, 0.25) is 5.02 Å². The van der Waals surface area contributed by atoms with Crippen molar-refractivity contribution in [1.82, 2.24) is 0 Å². The molecule has 0 amide bonds. The number of carboxylic acids is 1. The van der Waals surface area contributed by atoms with E-state index in [0.29, 0.717) is 10.8 Å². The molecule has 0 unspecified atom stereocenters. The molecule has 1 atom stereocenters. The topological polar surface area (TPSA) is 46.5 Å². The highest BCUT2D eigenvalue weighted by Gasteiger charge is 2.21. The molecule has 0 heterocycles. The average Bonchev–Trinajstić information content (AvgIpc) is 2.45. The number of ether oxygens (including phenoxy) is 1. The summed E-state index contributed by atoms with van der Waals surface area (Å²) in [6.07, 6.45) is -0.0132. The summed E-state index contributed by atoms with van der Waals surface area (Å²) in [7, 11) is 1.57. The van der Waals surface area contributed by atoms with E-state index in [1.165, 1.54) is 0 Å². The van der Waals surface area contributed by atoms with Crippen molar-refractivity contribution in [1.29, 1.82) is 0 Å². The van der Waals surface area contributed by atoms with Gasteiger partial charge in [-0.05, 0) is 23.8 Å². The van der Waals surface area contributed by atoms with E-state index >= 15 is 0 Å². The van der Waals surface area contributed by atoms with Gasteiger partial charge in [-0.3, -0.25) is 4.79 Å². The molecule has 0 radical (unpaired) electrons. The maximum Gasteiger partial charge on any atom is 0.304 e. The molecule has 3 nitrogen and oxygen atoms in total. The summed E-state index contributed by atoms with van der Waals surface area (Å²) in [5.41, 5.74) is 1.71. The quantitative estimate of drug-likeness (QED) is 0.907.